The van der Waals surface area contributed by atoms with Gasteiger partial charge in [0.2, 0.25) is 5.78 Å². The number of aromatic nitrogens is 2. The fourth-order valence-electron chi connectivity index (χ4n) is 2.84. The van der Waals surface area contributed by atoms with Crippen LogP contribution >= 0.6 is 0 Å². The van der Waals surface area contributed by atoms with Crippen molar-refractivity contribution in [1.29, 1.82) is 0 Å². The standard InChI is InChI=1S/C20H20N2O/c1-3-16-13-17(12-15-7-5-4-6-8-15)14(2)11-18(16)20(23)19-9-10-21-22-19/h4-11,13H,3,12H2,1-2H3,(H,21,22). The van der Waals surface area contributed by atoms with E-state index in [9.17, 15) is 4.79 Å². The maximum absolute atomic E-state index is 12.6. The van der Waals surface area contributed by atoms with Crippen molar-refractivity contribution in [3.63, 3.8) is 0 Å². The molecule has 3 rings (SSSR count). The molecule has 3 nitrogen and oxygen atoms in total. The quantitative estimate of drug-likeness (QED) is 0.721. The first kappa shape index (κ1) is 15.2. The van der Waals surface area contributed by atoms with Crippen LogP contribution in [0.2, 0.25) is 0 Å². The van der Waals surface area contributed by atoms with Gasteiger partial charge in [0.1, 0.15) is 5.69 Å². The van der Waals surface area contributed by atoms with Crippen LogP contribution in [0.3, 0.4) is 0 Å². The van der Waals surface area contributed by atoms with Crippen LogP contribution in [0.1, 0.15) is 45.2 Å². The van der Waals surface area contributed by atoms with E-state index in [0.29, 0.717) is 5.69 Å². The molecule has 1 N–H and O–H groups in total. The monoisotopic (exact) mass is 304 g/mol. The van der Waals surface area contributed by atoms with Crippen molar-refractivity contribution in [2.75, 3.05) is 0 Å². The number of nitrogens with one attached hydrogen (secondary N) is 1. The van der Waals surface area contributed by atoms with Crippen LogP contribution in [-0.4, -0.2) is 16.0 Å². The van der Waals surface area contributed by atoms with Gasteiger partial charge in [0.25, 0.3) is 0 Å². The first-order valence-electron chi connectivity index (χ1n) is 7.90. The van der Waals surface area contributed by atoms with Crippen LogP contribution in [0, 0.1) is 6.92 Å². The number of hydrogen-bond acceptors (Lipinski definition) is 2. The fourth-order valence-corrected chi connectivity index (χ4v) is 2.84. The molecule has 2 aromatic carbocycles. The molecule has 0 fully saturated rings. The predicted octanol–water partition coefficient (Wildman–Crippen LogP) is 4.10. The first-order valence-corrected chi connectivity index (χ1v) is 7.90. The molecule has 0 bridgehead atoms. The minimum Gasteiger partial charge on any atom is -0.287 e. The summed E-state index contributed by atoms with van der Waals surface area (Å²) in [5.74, 6) is -0.0162. The van der Waals surface area contributed by atoms with Gasteiger partial charge >= 0.3 is 0 Å². The van der Waals surface area contributed by atoms with E-state index in [2.05, 4.69) is 54.4 Å². The SMILES string of the molecule is CCc1cc(Cc2ccccc2)c(C)cc1C(=O)c1cc[nH]n1. The Labute approximate surface area is 136 Å². The van der Waals surface area contributed by atoms with Crippen molar-refractivity contribution in [3.05, 3.63) is 88.2 Å². The smallest absolute Gasteiger partial charge is 0.213 e. The molecule has 0 unspecified atom stereocenters. The summed E-state index contributed by atoms with van der Waals surface area (Å²) in [6.07, 6.45) is 3.39. The molecule has 116 valence electrons. The summed E-state index contributed by atoms with van der Waals surface area (Å²) < 4.78 is 0. The highest BCUT2D eigenvalue weighted by Gasteiger charge is 2.16. The van der Waals surface area contributed by atoms with Gasteiger partial charge in [0.15, 0.2) is 0 Å². The van der Waals surface area contributed by atoms with Gasteiger partial charge in [-0.25, -0.2) is 0 Å². The molecule has 3 heteroatoms. The second-order valence-electron chi connectivity index (χ2n) is 5.74. The van der Waals surface area contributed by atoms with E-state index in [4.69, 9.17) is 0 Å². The number of aromatic amines is 1. The van der Waals surface area contributed by atoms with Crippen molar-refractivity contribution in [2.24, 2.45) is 0 Å². The minimum absolute atomic E-state index is 0.0162. The maximum Gasteiger partial charge on any atom is 0.213 e. The molecule has 0 aliphatic rings. The van der Waals surface area contributed by atoms with Crippen LogP contribution in [0.5, 0.6) is 0 Å². The van der Waals surface area contributed by atoms with Crippen molar-refractivity contribution in [2.45, 2.75) is 26.7 Å². The molecule has 3 aromatic rings. The van der Waals surface area contributed by atoms with Gasteiger partial charge in [0, 0.05) is 11.8 Å². The molecule has 0 saturated heterocycles. The number of benzene rings is 2. The summed E-state index contributed by atoms with van der Waals surface area (Å²) in [5, 5.41) is 6.72. The third-order valence-electron chi connectivity index (χ3n) is 4.16. The van der Waals surface area contributed by atoms with Crippen LogP contribution in [0.25, 0.3) is 0 Å². The molecule has 0 radical (unpaired) electrons. The Morgan fingerprint density at radius 3 is 2.52 bits per heavy atom. The van der Waals surface area contributed by atoms with Crippen molar-refractivity contribution >= 4 is 5.78 Å². The Kier molecular flexibility index (Phi) is 4.38. The van der Waals surface area contributed by atoms with Gasteiger partial charge in [-0.3, -0.25) is 9.89 Å². The second-order valence-corrected chi connectivity index (χ2v) is 5.74. The summed E-state index contributed by atoms with van der Waals surface area (Å²) >= 11 is 0. The molecule has 0 amide bonds. The van der Waals surface area contributed by atoms with E-state index in [1.165, 1.54) is 11.1 Å². The fraction of sp³-hybridized carbons (Fsp3) is 0.200. The zero-order chi connectivity index (χ0) is 16.2. The van der Waals surface area contributed by atoms with E-state index in [0.717, 1.165) is 29.5 Å². The third-order valence-corrected chi connectivity index (χ3v) is 4.16. The highest BCUT2D eigenvalue weighted by molar-refractivity contribution is 6.08. The molecular formula is C20H20N2O. The molecule has 0 aliphatic heterocycles. The molecule has 1 aromatic heterocycles. The number of rotatable bonds is 5. The topological polar surface area (TPSA) is 45.8 Å². The number of carbonyl (C=O) groups is 1. The Morgan fingerprint density at radius 1 is 1.09 bits per heavy atom. The summed E-state index contributed by atoms with van der Waals surface area (Å²) in [5.41, 5.74) is 6.00. The van der Waals surface area contributed by atoms with Gasteiger partial charge in [-0.05, 0) is 54.2 Å². The highest BCUT2D eigenvalue weighted by Crippen LogP contribution is 2.22. The van der Waals surface area contributed by atoms with E-state index >= 15 is 0 Å². The van der Waals surface area contributed by atoms with Gasteiger partial charge in [-0.2, -0.15) is 5.10 Å². The van der Waals surface area contributed by atoms with E-state index in [1.807, 2.05) is 12.1 Å². The van der Waals surface area contributed by atoms with Crippen molar-refractivity contribution in [3.8, 4) is 0 Å². The number of H-pyrrole nitrogens is 1. The maximum atomic E-state index is 12.6. The van der Waals surface area contributed by atoms with Gasteiger partial charge < -0.3 is 0 Å². The van der Waals surface area contributed by atoms with Crippen LogP contribution < -0.4 is 0 Å². The Bertz CT molecular complexity index is 805. The summed E-state index contributed by atoms with van der Waals surface area (Å²) in [7, 11) is 0. The normalized spacial score (nSPS) is 10.7. The zero-order valence-electron chi connectivity index (χ0n) is 13.5. The number of hydrogen-bond donors (Lipinski definition) is 1. The molecule has 0 aliphatic carbocycles. The predicted molar refractivity (Wildman–Crippen MR) is 91.8 cm³/mol. The molecular weight excluding hydrogens is 284 g/mol. The lowest BCUT2D eigenvalue weighted by Gasteiger charge is -2.13. The average Bonchev–Trinajstić information content (AvgIpc) is 3.11. The summed E-state index contributed by atoms with van der Waals surface area (Å²) in [6, 6.07) is 16.3. The Morgan fingerprint density at radius 2 is 1.87 bits per heavy atom. The number of carbonyl (C=O) groups excluding carboxylic acids is 1. The second kappa shape index (κ2) is 6.61. The zero-order valence-corrected chi connectivity index (χ0v) is 13.5. The first-order chi connectivity index (χ1) is 11.2. The van der Waals surface area contributed by atoms with Gasteiger partial charge in [-0.15, -0.1) is 0 Å². The Hall–Kier alpha value is -2.68. The van der Waals surface area contributed by atoms with Crippen molar-refractivity contribution < 1.29 is 4.79 Å². The van der Waals surface area contributed by atoms with Gasteiger partial charge in [0.05, 0.1) is 0 Å². The van der Waals surface area contributed by atoms with Crippen LogP contribution in [-0.2, 0) is 12.8 Å². The van der Waals surface area contributed by atoms with E-state index in [-0.39, 0.29) is 5.78 Å². The molecule has 0 spiro atoms. The van der Waals surface area contributed by atoms with Crippen LogP contribution in [0.4, 0.5) is 0 Å². The summed E-state index contributed by atoms with van der Waals surface area (Å²) in [6.45, 7) is 4.15. The summed E-state index contributed by atoms with van der Waals surface area (Å²) in [4.78, 5) is 12.6. The van der Waals surface area contributed by atoms with Gasteiger partial charge in [-0.1, -0.05) is 43.3 Å². The van der Waals surface area contributed by atoms with Crippen LogP contribution in [0.15, 0.2) is 54.7 Å². The lowest BCUT2D eigenvalue weighted by Crippen LogP contribution is -2.08. The van der Waals surface area contributed by atoms with E-state index in [1.54, 1.807) is 12.3 Å². The minimum atomic E-state index is -0.0162. The largest absolute Gasteiger partial charge is 0.287 e. The molecule has 1 heterocycles. The third kappa shape index (κ3) is 3.24. The number of aryl methyl sites for hydroxylation is 2. The molecule has 0 saturated carbocycles. The highest BCUT2D eigenvalue weighted by atomic mass is 16.1. The Balaban J connectivity index is 1.97. The lowest BCUT2D eigenvalue weighted by molar-refractivity contribution is 0.103. The lowest BCUT2D eigenvalue weighted by atomic mass is 9.91. The van der Waals surface area contributed by atoms with Crippen molar-refractivity contribution in [1.82, 2.24) is 10.2 Å². The molecule has 23 heavy (non-hydrogen) atoms. The average molecular weight is 304 g/mol. The number of ketones is 1. The molecule has 0 atom stereocenters. The van der Waals surface area contributed by atoms with E-state index < -0.39 is 0 Å². The number of nitrogens with zero attached hydrogens (tertiary/aromatic N) is 1.